The summed E-state index contributed by atoms with van der Waals surface area (Å²) >= 11 is 3.40. The largest absolute Gasteiger partial charge is 0.494 e. The molecule has 0 aliphatic rings. The van der Waals surface area contributed by atoms with E-state index in [-0.39, 0.29) is 5.91 Å². The second-order valence-corrected chi connectivity index (χ2v) is 6.32. The Bertz CT molecular complexity index is 720. The van der Waals surface area contributed by atoms with Gasteiger partial charge in [0.2, 0.25) is 5.91 Å². The number of ether oxygens (including phenoxy) is 3. The second kappa shape index (κ2) is 9.32. The number of carbonyl (C=O) groups is 1. The maximum Gasteiger partial charge on any atom is 0.226 e. The van der Waals surface area contributed by atoms with Crippen LogP contribution in [0.5, 0.6) is 17.2 Å². The molecule has 0 unspecified atom stereocenters. The third-order valence-corrected chi connectivity index (χ3v) is 4.22. The number of benzene rings is 2. The summed E-state index contributed by atoms with van der Waals surface area (Å²) in [6, 6.07) is 13.0. The molecule has 0 radical (unpaired) electrons. The lowest BCUT2D eigenvalue weighted by molar-refractivity contribution is -0.118. The van der Waals surface area contributed by atoms with Crippen molar-refractivity contribution in [2.24, 2.45) is 0 Å². The van der Waals surface area contributed by atoms with Gasteiger partial charge >= 0.3 is 0 Å². The molecule has 2 aromatic carbocycles. The first-order chi connectivity index (χ1) is 12.0. The predicted molar refractivity (Wildman–Crippen MR) is 102 cm³/mol. The number of methoxy groups -OCH3 is 2. The van der Waals surface area contributed by atoms with E-state index >= 15 is 0 Å². The molecule has 0 fully saturated rings. The molecule has 0 saturated carbocycles. The monoisotopic (exact) mass is 407 g/mol. The smallest absolute Gasteiger partial charge is 0.226 e. The van der Waals surface area contributed by atoms with Gasteiger partial charge in [-0.05, 0) is 36.8 Å². The Labute approximate surface area is 156 Å². The van der Waals surface area contributed by atoms with E-state index in [1.54, 1.807) is 38.3 Å². The van der Waals surface area contributed by atoms with Crippen LogP contribution in [-0.2, 0) is 4.79 Å². The van der Waals surface area contributed by atoms with E-state index < -0.39 is 0 Å². The Kier molecular flexibility index (Phi) is 7.13. The highest BCUT2D eigenvalue weighted by Crippen LogP contribution is 2.31. The van der Waals surface area contributed by atoms with Crippen molar-refractivity contribution >= 4 is 27.5 Å². The van der Waals surface area contributed by atoms with Crippen LogP contribution in [0.2, 0.25) is 0 Å². The van der Waals surface area contributed by atoms with Gasteiger partial charge in [0.05, 0.1) is 20.8 Å². The molecule has 134 valence electrons. The molecule has 1 amide bonds. The molecule has 0 N–H and O–H groups in total. The molecule has 2 rings (SSSR count). The van der Waals surface area contributed by atoms with Crippen molar-refractivity contribution in [2.45, 2.75) is 12.8 Å². The number of carbonyl (C=O) groups excluding carboxylic acids is 1. The van der Waals surface area contributed by atoms with Crippen molar-refractivity contribution in [3.63, 3.8) is 0 Å². The summed E-state index contributed by atoms with van der Waals surface area (Å²) < 4.78 is 17.1. The topological polar surface area (TPSA) is 48.0 Å². The van der Waals surface area contributed by atoms with Crippen molar-refractivity contribution in [2.75, 3.05) is 32.8 Å². The Balaban J connectivity index is 1.85. The molecule has 0 aromatic heterocycles. The first-order valence-electron chi connectivity index (χ1n) is 7.92. The molecule has 25 heavy (non-hydrogen) atoms. The third kappa shape index (κ3) is 5.39. The quantitative estimate of drug-likeness (QED) is 0.612. The first kappa shape index (κ1) is 19.1. The number of anilines is 1. The first-order valence-corrected chi connectivity index (χ1v) is 8.71. The lowest BCUT2D eigenvalue weighted by Gasteiger charge is -2.19. The summed E-state index contributed by atoms with van der Waals surface area (Å²) in [4.78, 5) is 14.0. The van der Waals surface area contributed by atoms with Crippen LogP contribution in [0.1, 0.15) is 12.8 Å². The van der Waals surface area contributed by atoms with Gasteiger partial charge in [0, 0.05) is 29.7 Å². The number of hydrogen-bond donors (Lipinski definition) is 0. The predicted octanol–water partition coefficient (Wildman–Crippen LogP) is 4.29. The molecule has 0 saturated heterocycles. The van der Waals surface area contributed by atoms with Gasteiger partial charge in [-0.25, -0.2) is 0 Å². The zero-order valence-electron chi connectivity index (χ0n) is 14.6. The van der Waals surface area contributed by atoms with Crippen molar-refractivity contribution in [1.29, 1.82) is 0 Å². The molecule has 5 nitrogen and oxygen atoms in total. The van der Waals surface area contributed by atoms with Gasteiger partial charge in [-0.1, -0.05) is 22.0 Å². The molecule has 0 bridgehead atoms. The molecule has 0 atom stereocenters. The van der Waals surface area contributed by atoms with Crippen LogP contribution in [0.25, 0.3) is 0 Å². The van der Waals surface area contributed by atoms with Crippen molar-refractivity contribution in [1.82, 2.24) is 0 Å². The number of halogens is 1. The SMILES string of the molecule is COc1ccc(N(C)C(=O)CCCOc2cccc(Br)c2)cc1OC. The Hall–Kier alpha value is -2.21. The molecule has 0 aliphatic carbocycles. The fourth-order valence-corrected chi connectivity index (χ4v) is 2.69. The molecule has 0 heterocycles. The zero-order chi connectivity index (χ0) is 18.2. The van der Waals surface area contributed by atoms with Crippen LogP contribution in [-0.4, -0.2) is 33.8 Å². The average Bonchev–Trinajstić information content (AvgIpc) is 2.63. The van der Waals surface area contributed by atoms with Crippen molar-refractivity contribution < 1.29 is 19.0 Å². The molecular weight excluding hydrogens is 386 g/mol. The number of hydrogen-bond acceptors (Lipinski definition) is 4. The summed E-state index contributed by atoms with van der Waals surface area (Å²) in [5.41, 5.74) is 0.760. The Morgan fingerprint density at radius 1 is 1.08 bits per heavy atom. The van der Waals surface area contributed by atoms with Crippen molar-refractivity contribution in [3.8, 4) is 17.2 Å². The molecule has 0 aliphatic heterocycles. The van der Waals surface area contributed by atoms with Crippen LogP contribution >= 0.6 is 15.9 Å². The zero-order valence-corrected chi connectivity index (χ0v) is 16.2. The van der Waals surface area contributed by atoms with Gasteiger partial charge in [0.25, 0.3) is 0 Å². The Morgan fingerprint density at radius 3 is 2.52 bits per heavy atom. The van der Waals surface area contributed by atoms with Crippen molar-refractivity contribution in [3.05, 3.63) is 46.9 Å². The van der Waals surface area contributed by atoms with Crippen LogP contribution in [0.4, 0.5) is 5.69 Å². The van der Waals surface area contributed by atoms with E-state index in [4.69, 9.17) is 14.2 Å². The van der Waals surface area contributed by atoms with Gasteiger partial charge in [-0.15, -0.1) is 0 Å². The van der Waals surface area contributed by atoms with E-state index in [1.165, 1.54) is 0 Å². The van der Waals surface area contributed by atoms with Gasteiger partial charge in [0.1, 0.15) is 5.75 Å². The molecule has 2 aromatic rings. The van der Waals surface area contributed by atoms with E-state index in [2.05, 4.69) is 15.9 Å². The standard InChI is InChI=1S/C19H22BrNO4/c1-21(15-9-10-17(23-2)18(13-15)24-3)19(22)8-5-11-25-16-7-4-6-14(20)12-16/h4,6-7,9-10,12-13H,5,8,11H2,1-3H3. The van der Waals surface area contributed by atoms with Crippen LogP contribution < -0.4 is 19.1 Å². The molecule has 0 spiro atoms. The fraction of sp³-hybridized carbons (Fsp3) is 0.316. The van der Waals surface area contributed by atoms with Crippen LogP contribution in [0.3, 0.4) is 0 Å². The number of rotatable bonds is 8. The summed E-state index contributed by atoms with van der Waals surface area (Å²) in [6.07, 6.45) is 1.04. The third-order valence-electron chi connectivity index (χ3n) is 3.73. The lowest BCUT2D eigenvalue weighted by atomic mass is 10.2. The maximum atomic E-state index is 12.4. The summed E-state index contributed by atoms with van der Waals surface area (Å²) in [5, 5.41) is 0. The molecule has 6 heteroatoms. The van der Waals surface area contributed by atoms with Gasteiger partial charge in [-0.3, -0.25) is 4.79 Å². The summed E-state index contributed by atoms with van der Waals surface area (Å²) in [5.74, 6) is 2.03. The van der Waals surface area contributed by atoms with E-state index in [9.17, 15) is 4.79 Å². The van der Waals surface area contributed by atoms with Gasteiger partial charge in [0.15, 0.2) is 11.5 Å². The highest BCUT2D eigenvalue weighted by atomic mass is 79.9. The Morgan fingerprint density at radius 2 is 1.84 bits per heavy atom. The second-order valence-electron chi connectivity index (χ2n) is 5.40. The van der Waals surface area contributed by atoms with Gasteiger partial charge < -0.3 is 19.1 Å². The minimum absolute atomic E-state index is 0.0186. The summed E-state index contributed by atoms with van der Waals surface area (Å²) in [6.45, 7) is 0.488. The average molecular weight is 408 g/mol. The minimum atomic E-state index is 0.0186. The fourth-order valence-electron chi connectivity index (χ4n) is 2.32. The van der Waals surface area contributed by atoms with E-state index in [0.29, 0.717) is 30.9 Å². The highest BCUT2D eigenvalue weighted by molar-refractivity contribution is 9.10. The lowest BCUT2D eigenvalue weighted by Crippen LogP contribution is -2.26. The van der Waals surface area contributed by atoms with Crippen LogP contribution in [0.15, 0.2) is 46.9 Å². The van der Waals surface area contributed by atoms with E-state index in [1.807, 2.05) is 30.3 Å². The normalized spacial score (nSPS) is 10.2. The number of amides is 1. The van der Waals surface area contributed by atoms with E-state index in [0.717, 1.165) is 15.9 Å². The maximum absolute atomic E-state index is 12.4. The minimum Gasteiger partial charge on any atom is -0.494 e. The molecular formula is C19H22BrNO4. The summed E-state index contributed by atoms with van der Waals surface area (Å²) in [7, 11) is 4.90. The highest BCUT2D eigenvalue weighted by Gasteiger charge is 2.13. The van der Waals surface area contributed by atoms with Crippen LogP contribution in [0, 0.1) is 0 Å². The number of nitrogens with zero attached hydrogens (tertiary/aromatic N) is 1. The van der Waals surface area contributed by atoms with Gasteiger partial charge in [-0.2, -0.15) is 0 Å².